The molecule has 2 fully saturated rings. The molecular formula is C23H28ClN5O3. The lowest BCUT2D eigenvalue weighted by molar-refractivity contribution is 0.0857. The zero-order chi connectivity index (χ0) is 22.5. The van der Waals surface area contributed by atoms with Gasteiger partial charge in [-0.05, 0) is 49.6 Å². The number of amides is 3. The number of nitrogens with one attached hydrogen (secondary N) is 2. The number of piperazine rings is 1. The van der Waals surface area contributed by atoms with E-state index < -0.39 is 0 Å². The van der Waals surface area contributed by atoms with Gasteiger partial charge in [0.15, 0.2) is 0 Å². The normalized spacial score (nSPS) is 18.5. The van der Waals surface area contributed by atoms with Gasteiger partial charge in [-0.3, -0.25) is 4.79 Å². The van der Waals surface area contributed by atoms with Gasteiger partial charge in [-0.25, -0.2) is 9.78 Å². The predicted octanol–water partition coefficient (Wildman–Crippen LogP) is 3.31. The fraction of sp³-hybridized carbons (Fsp3) is 0.435. The third kappa shape index (κ3) is 5.31. The number of benzene rings is 1. The molecule has 9 heteroatoms. The number of anilines is 2. The largest absolute Gasteiger partial charge is 0.376 e. The minimum Gasteiger partial charge on any atom is -0.376 e. The van der Waals surface area contributed by atoms with E-state index in [2.05, 4.69) is 15.6 Å². The van der Waals surface area contributed by atoms with E-state index in [0.29, 0.717) is 54.8 Å². The molecule has 0 radical (unpaired) electrons. The van der Waals surface area contributed by atoms with Crippen LogP contribution in [0.15, 0.2) is 36.5 Å². The number of urea groups is 1. The summed E-state index contributed by atoms with van der Waals surface area (Å²) in [4.78, 5) is 33.7. The molecule has 0 saturated carbocycles. The molecule has 2 aliphatic rings. The fourth-order valence-electron chi connectivity index (χ4n) is 3.98. The highest BCUT2D eigenvalue weighted by Crippen LogP contribution is 2.24. The first kappa shape index (κ1) is 22.4. The second-order valence-electron chi connectivity index (χ2n) is 8.11. The van der Waals surface area contributed by atoms with Gasteiger partial charge in [0.1, 0.15) is 5.82 Å². The summed E-state index contributed by atoms with van der Waals surface area (Å²) in [5.74, 6) is 0.483. The van der Waals surface area contributed by atoms with E-state index in [0.717, 1.165) is 25.0 Å². The first-order valence-electron chi connectivity index (χ1n) is 10.9. The maximum atomic E-state index is 12.8. The van der Waals surface area contributed by atoms with Gasteiger partial charge in [0.25, 0.3) is 5.91 Å². The van der Waals surface area contributed by atoms with E-state index in [9.17, 15) is 9.59 Å². The molecule has 170 valence electrons. The van der Waals surface area contributed by atoms with Gasteiger partial charge >= 0.3 is 6.03 Å². The summed E-state index contributed by atoms with van der Waals surface area (Å²) in [5, 5.41) is 6.37. The second-order valence-corrected chi connectivity index (χ2v) is 8.51. The van der Waals surface area contributed by atoms with Crippen LogP contribution in [0.5, 0.6) is 0 Å². The molecule has 1 aromatic heterocycles. The number of pyridine rings is 1. The first-order valence-corrected chi connectivity index (χ1v) is 11.3. The number of ether oxygens (including phenoxy) is 1. The van der Waals surface area contributed by atoms with Crippen LogP contribution in [-0.4, -0.2) is 67.3 Å². The molecule has 8 nitrogen and oxygen atoms in total. The van der Waals surface area contributed by atoms with Crippen molar-refractivity contribution < 1.29 is 14.3 Å². The maximum Gasteiger partial charge on any atom is 0.322 e. The molecule has 2 aliphatic heterocycles. The molecule has 2 saturated heterocycles. The van der Waals surface area contributed by atoms with E-state index in [4.69, 9.17) is 16.3 Å². The second kappa shape index (κ2) is 10.2. The van der Waals surface area contributed by atoms with Crippen molar-refractivity contribution in [2.45, 2.75) is 25.9 Å². The van der Waals surface area contributed by atoms with Crippen molar-refractivity contribution in [2.75, 3.05) is 49.5 Å². The van der Waals surface area contributed by atoms with Crippen molar-refractivity contribution in [3.8, 4) is 0 Å². The SMILES string of the molecule is Cc1ccc(Cl)c(NC(=O)N2CCN(c3ncccc3C(=O)NCC3CCCO3)CC2)c1. The Kier molecular flexibility index (Phi) is 7.12. The van der Waals surface area contributed by atoms with Crippen LogP contribution in [0.25, 0.3) is 0 Å². The summed E-state index contributed by atoms with van der Waals surface area (Å²) < 4.78 is 5.58. The number of aromatic nitrogens is 1. The summed E-state index contributed by atoms with van der Waals surface area (Å²) in [6.45, 7) is 5.41. The van der Waals surface area contributed by atoms with Crippen LogP contribution in [0.3, 0.4) is 0 Å². The summed E-state index contributed by atoms with van der Waals surface area (Å²) in [6.07, 6.45) is 3.78. The zero-order valence-electron chi connectivity index (χ0n) is 18.1. The zero-order valence-corrected chi connectivity index (χ0v) is 18.9. The minimum absolute atomic E-state index is 0.0861. The van der Waals surface area contributed by atoms with Crippen LogP contribution in [0.1, 0.15) is 28.8 Å². The van der Waals surface area contributed by atoms with E-state index in [1.807, 2.05) is 24.0 Å². The monoisotopic (exact) mass is 457 g/mol. The van der Waals surface area contributed by atoms with Gasteiger partial charge in [0.05, 0.1) is 22.4 Å². The van der Waals surface area contributed by atoms with Crippen LogP contribution < -0.4 is 15.5 Å². The third-order valence-corrected chi connectivity index (χ3v) is 6.11. The molecule has 1 atom stereocenters. The van der Waals surface area contributed by atoms with Gasteiger partial charge in [-0.15, -0.1) is 0 Å². The summed E-state index contributed by atoms with van der Waals surface area (Å²) in [7, 11) is 0. The molecule has 1 unspecified atom stereocenters. The maximum absolute atomic E-state index is 12.8. The number of hydrogen-bond acceptors (Lipinski definition) is 5. The Balaban J connectivity index is 1.35. The average molecular weight is 458 g/mol. The lowest BCUT2D eigenvalue weighted by atomic mass is 10.2. The predicted molar refractivity (Wildman–Crippen MR) is 125 cm³/mol. The number of halogens is 1. The molecule has 3 amide bonds. The van der Waals surface area contributed by atoms with Gasteiger partial charge in [0, 0.05) is 45.5 Å². The molecule has 1 aromatic carbocycles. The summed E-state index contributed by atoms with van der Waals surface area (Å²) in [6, 6.07) is 8.89. The number of rotatable bonds is 5. The smallest absolute Gasteiger partial charge is 0.322 e. The molecule has 2 aromatic rings. The highest BCUT2D eigenvalue weighted by molar-refractivity contribution is 6.33. The van der Waals surface area contributed by atoms with Gasteiger partial charge < -0.3 is 25.2 Å². The van der Waals surface area contributed by atoms with Crippen LogP contribution in [0.4, 0.5) is 16.3 Å². The molecule has 3 heterocycles. The average Bonchev–Trinajstić information content (AvgIpc) is 3.34. The van der Waals surface area contributed by atoms with E-state index in [-0.39, 0.29) is 18.0 Å². The summed E-state index contributed by atoms with van der Waals surface area (Å²) in [5.41, 5.74) is 2.17. The van der Waals surface area contributed by atoms with Crippen LogP contribution in [0, 0.1) is 6.92 Å². The Morgan fingerprint density at radius 3 is 2.78 bits per heavy atom. The molecule has 0 aliphatic carbocycles. The summed E-state index contributed by atoms with van der Waals surface area (Å²) >= 11 is 6.20. The minimum atomic E-state index is -0.187. The standard InChI is InChI=1S/C23H28ClN5O3/c1-16-6-7-19(24)20(14-16)27-23(31)29-11-9-28(10-12-29)21-18(5-2-8-25-21)22(30)26-15-17-4-3-13-32-17/h2,5-8,14,17H,3-4,9-13,15H2,1H3,(H,26,30)(H,27,31). The van der Waals surface area contributed by atoms with E-state index in [1.54, 1.807) is 29.3 Å². The number of aryl methyl sites for hydroxylation is 1. The Hall–Kier alpha value is -2.84. The van der Waals surface area contributed by atoms with Gasteiger partial charge in [0.2, 0.25) is 0 Å². The van der Waals surface area contributed by atoms with Crippen LogP contribution >= 0.6 is 11.6 Å². The Morgan fingerprint density at radius 1 is 1.22 bits per heavy atom. The van der Waals surface area contributed by atoms with Crippen molar-refractivity contribution in [1.29, 1.82) is 0 Å². The number of carbonyl (C=O) groups is 2. The van der Waals surface area contributed by atoms with Gasteiger partial charge in [-0.1, -0.05) is 17.7 Å². The molecule has 0 spiro atoms. The topological polar surface area (TPSA) is 86.8 Å². The van der Waals surface area contributed by atoms with Crippen LogP contribution in [-0.2, 0) is 4.74 Å². The number of carbonyl (C=O) groups excluding carboxylic acids is 2. The Morgan fingerprint density at radius 2 is 2.03 bits per heavy atom. The lowest BCUT2D eigenvalue weighted by Gasteiger charge is -2.36. The van der Waals surface area contributed by atoms with Crippen molar-refractivity contribution in [1.82, 2.24) is 15.2 Å². The Bertz CT molecular complexity index is 972. The highest BCUT2D eigenvalue weighted by Gasteiger charge is 2.26. The molecule has 4 rings (SSSR count). The number of nitrogens with zero attached hydrogens (tertiary/aromatic N) is 3. The third-order valence-electron chi connectivity index (χ3n) is 5.78. The fourth-order valence-corrected chi connectivity index (χ4v) is 4.15. The highest BCUT2D eigenvalue weighted by atomic mass is 35.5. The van der Waals surface area contributed by atoms with E-state index in [1.165, 1.54) is 0 Å². The lowest BCUT2D eigenvalue weighted by Crippen LogP contribution is -2.50. The van der Waals surface area contributed by atoms with Crippen molar-refractivity contribution in [3.05, 3.63) is 52.7 Å². The van der Waals surface area contributed by atoms with Crippen molar-refractivity contribution in [2.24, 2.45) is 0 Å². The van der Waals surface area contributed by atoms with Gasteiger partial charge in [-0.2, -0.15) is 0 Å². The van der Waals surface area contributed by atoms with Crippen LogP contribution in [0.2, 0.25) is 5.02 Å². The van der Waals surface area contributed by atoms with Crippen molar-refractivity contribution in [3.63, 3.8) is 0 Å². The number of hydrogen-bond donors (Lipinski definition) is 2. The molecular weight excluding hydrogens is 430 g/mol. The molecule has 2 N–H and O–H groups in total. The molecule has 32 heavy (non-hydrogen) atoms. The molecule has 0 bridgehead atoms. The van der Waals surface area contributed by atoms with E-state index >= 15 is 0 Å². The van der Waals surface area contributed by atoms with Crippen molar-refractivity contribution >= 4 is 35.0 Å². The first-order chi connectivity index (χ1) is 15.5. The quantitative estimate of drug-likeness (QED) is 0.719. The Labute approximate surface area is 192 Å².